The molecule has 10 heterocycles. The van der Waals surface area contributed by atoms with Crippen LogP contribution in [0.4, 0.5) is 0 Å². The van der Waals surface area contributed by atoms with E-state index in [4.69, 9.17) is 9.97 Å². The van der Waals surface area contributed by atoms with Gasteiger partial charge in [0.15, 0.2) is 0 Å². The van der Waals surface area contributed by atoms with Crippen LogP contribution in [0.2, 0.25) is 0 Å². The molecule has 17 heteroatoms. The zero-order valence-corrected chi connectivity index (χ0v) is 38.9. The summed E-state index contributed by atoms with van der Waals surface area (Å²) in [6, 6.07) is 39.3. The van der Waals surface area contributed by atoms with Gasteiger partial charge >= 0.3 is 20.4 Å². The van der Waals surface area contributed by atoms with E-state index in [-0.39, 0.29) is 30.2 Å². The average Bonchev–Trinajstić information content (AvgIpc) is 4.16. The van der Waals surface area contributed by atoms with E-state index in [0.29, 0.717) is 0 Å². The molecule has 0 fully saturated rings. The fourth-order valence-electron chi connectivity index (χ4n) is 8.20. The summed E-state index contributed by atoms with van der Waals surface area (Å²) in [6.45, 7) is 0. The molecular formula is C52H34N8O6PdS2. The standard InChI is InChI=1S/2C26H18N4O3S.Pd/c2*31-34(32,33)23-9-1-16(2-10-23)26-24-11-7-21(29-24)14-19-5-3-17(27-19)13-18-4-6-20(28-18)15-22-8-12-25(26)30-22;/h2*1-15,27,30H,(H,31,32,33);/q;;+2/p-2. The van der Waals surface area contributed by atoms with Gasteiger partial charge in [0.25, 0.3) is 0 Å². The van der Waals surface area contributed by atoms with Crippen molar-refractivity contribution in [3.05, 3.63) is 179 Å². The van der Waals surface area contributed by atoms with Crippen LogP contribution in [-0.4, -0.2) is 65.8 Å². The Morgan fingerprint density at radius 2 is 0.609 bits per heavy atom. The van der Waals surface area contributed by atoms with Crippen LogP contribution in [0.3, 0.4) is 0 Å². The van der Waals surface area contributed by atoms with Crippen molar-refractivity contribution in [1.29, 1.82) is 0 Å². The molecule has 0 aliphatic carbocycles. The number of aromatic amines is 4. The third-order valence-electron chi connectivity index (χ3n) is 11.3. The maximum Gasteiger partial charge on any atom is 2.00 e. The first kappa shape index (κ1) is 44.9. The molecular weight excluding hydrogens is 1000 g/mol. The van der Waals surface area contributed by atoms with Gasteiger partial charge in [-0.3, -0.25) is 0 Å². The first-order chi connectivity index (χ1) is 32.8. The van der Waals surface area contributed by atoms with Gasteiger partial charge in [-0.1, -0.05) is 24.3 Å². The summed E-state index contributed by atoms with van der Waals surface area (Å²) >= 11 is 0. The van der Waals surface area contributed by atoms with Crippen molar-refractivity contribution >= 4 is 113 Å². The second kappa shape index (κ2) is 18.0. The molecule has 0 radical (unpaired) electrons. The van der Waals surface area contributed by atoms with Gasteiger partial charge in [0.05, 0.1) is 55.3 Å². The number of hydrogen-bond donors (Lipinski definition) is 4. The summed E-state index contributed by atoms with van der Waals surface area (Å²) in [4.78, 5) is 31.9. The summed E-state index contributed by atoms with van der Waals surface area (Å²) in [5.41, 5.74) is 16.4. The monoisotopic (exact) mass is 1040 g/mol. The Bertz CT molecular complexity index is 3830. The Balaban J connectivity index is 0.000000158. The van der Waals surface area contributed by atoms with Gasteiger partial charge in [-0.25, -0.2) is 36.8 Å². The van der Waals surface area contributed by atoms with Crippen LogP contribution in [0.5, 0.6) is 0 Å². The molecule has 0 saturated carbocycles. The van der Waals surface area contributed by atoms with Gasteiger partial charge in [0.1, 0.15) is 20.2 Å². The van der Waals surface area contributed by atoms with Crippen molar-refractivity contribution in [3.63, 3.8) is 0 Å². The smallest absolute Gasteiger partial charge is 0.744 e. The normalized spacial score (nSPS) is 12.7. The number of nitrogens with zero attached hydrogens (tertiary/aromatic N) is 4. The largest absolute Gasteiger partial charge is 2.00 e. The number of H-pyrrole nitrogens is 4. The van der Waals surface area contributed by atoms with E-state index in [0.717, 1.165) is 112 Å². The fourth-order valence-corrected chi connectivity index (χ4v) is 9.14. The third kappa shape index (κ3) is 9.78. The van der Waals surface area contributed by atoms with Crippen LogP contribution in [0, 0.1) is 0 Å². The van der Waals surface area contributed by atoms with E-state index < -0.39 is 20.2 Å². The van der Waals surface area contributed by atoms with E-state index >= 15 is 0 Å². The number of hydrogen-bond acceptors (Lipinski definition) is 10. The molecule has 340 valence electrons. The van der Waals surface area contributed by atoms with Gasteiger partial charge < -0.3 is 29.0 Å². The fraction of sp³-hybridized carbons (Fsp3) is 0. The van der Waals surface area contributed by atoms with Crippen LogP contribution in [0.1, 0.15) is 45.6 Å². The molecule has 6 aromatic heterocycles. The maximum atomic E-state index is 11.4. The van der Waals surface area contributed by atoms with E-state index in [1.165, 1.54) is 24.3 Å². The molecule has 0 atom stereocenters. The van der Waals surface area contributed by atoms with Crippen LogP contribution >= 0.6 is 0 Å². The molecule has 69 heavy (non-hydrogen) atoms. The Hall–Kier alpha value is -7.88. The minimum absolute atomic E-state index is 0. The molecule has 14 nitrogen and oxygen atoms in total. The van der Waals surface area contributed by atoms with E-state index in [9.17, 15) is 25.9 Å². The molecule has 0 unspecified atom stereocenters. The minimum atomic E-state index is -4.53. The number of nitrogens with one attached hydrogen (secondary N) is 4. The van der Waals surface area contributed by atoms with Crippen molar-refractivity contribution in [1.82, 2.24) is 39.9 Å². The van der Waals surface area contributed by atoms with Crippen LogP contribution in [0.25, 0.3) is 115 Å². The van der Waals surface area contributed by atoms with Crippen LogP contribution in [0.15, 0.2) is 143 Å². The number of benzene rings is 2. The summed E-state index contributed by atoms with van der Waals surface area (Å²) in [7, 11) is -9.06. The molecule has 4 aliphatic rings. The molecule has 16 bridgehead atoms. The van der Waals surface area contributed by atoms with Crippen molar-refractivity contribution in [2.75, 3.05) is 0 Å². The van der Waals surface area contributed by atoms with E-state index in [1.807, 2.05) is 134 Å². The Morgan fingerprint density at radius 3 is 0.928 bits per heavy atom. The SMILES string of the molecule is O=S(=O)([O-])c1ccc(-c2c3nc(cc4ccc(cc5nc(cc6ccc2[nH]6)C=C5)[nH]4)C=C3)cc1.O=S(=O)([O-])c1ccc(-c2c3nc(cc4ccc(cc5nc(cc6ccc2[nH]6)C=C5)[nH]4)C=C3)cc1.[Pd+2]. The van der Waals surface area contributed by atoms with Crippen molar-refractivity contribution in [2.45, 2.75) is 9.79 Å². The number of fused-ring (bicyclic) bond motifs is 16. The zero-order valence-electron chi connectivity index (χ0n) is 35.7. The zero-order chi connectivity index (χ0) is 46.6. The molecule has 2 aromatic carbocycles. The number of aromatic nitrogens is 8. The summed E-state index contributed by atoms with van der Waals surface area (Å²) in [6.07, 6.45) is 15.5. The predicted octanol–water partition coefficient (Wildman–Crippen LogP) is 10.5. The summed E-state index contributed by atoms with van der Waals surface area (Å²) in [5, 5.41) is 0. The minimum Gasteiger partial charge on any atom is -0.744 e. The van der Waals surface area contributed by atoms with Crippen molar-refractivity contribution in [2.24, 2.45) is 0 Å². The second-order valence-electron chi connectivity index (χ2n) is 16.1. The number of rotatable bonds is 4. The van der Waals surface area contributed by atoms with Crippen LogP contribution < -0.4 is 0 Å². The first-order valence-corrected chi connectivity index (χ1v) is 23.9. The van der Waals surface area contributed by atoms with Crippen LogP contribution in [-0.2, 0) is 40.7 Å². The molecule has 8 aromatic rings. The Morgan fingerprint density at radius 1 is 0.333 bits per heavy atom. The van der Waals surface area contributed by atoms with Gasteiger partial charge in [0.2, 0.25) is 0 Å². The average molecular weight is 1040 g/mol. The molecule has 12 rings (SSSR count). The molecule has 0 spiro atoms. The van der Waals surface area contributed by atoms with Crippen molar-refractivity contribution in [3.8, 4) is 22.3 Å². The maximum absolute atomic E-state index is 11.4. The Kier molecular flexibility index (Phi) is 11.7. The quantitative estimate of drug-likeness (QED) is 0.0962. The molecule has 4 N–H and O–H groups in total. The Labute approximate surface area is 407 Å². The topological polar surface area (TPSA) is 229 Å². The third-order valence-corrected chi connectivity index (χ3v) is 13.0. The molecule has 4 aliphatic heterocycles. The van der Waals surface area contributed by atoms with E-state index in [2.05, 4.69) is 29.9 Å². The van der Waals surface area contributed by atoms with Gasteiger partial charge in [-0.2, -0.15) is 0 Å². The van der Waals surface area contributed by atoms with Gasteiger partial charge in [0, 0.05) is 55.3 Å². The second-order valence-corrected chi connectivity index (χ2v) is 18.8. The van der Waals surface area contributed by atoms with Crippen molar-refractivity contribution < 1.29 is 46.4 Å². The first-order valence-electron chi connectivity index (χ1n) is 21.1. The summed E-state index contributed by atoms with van der Waals surface area (Å²) in [5.74, 6) is 0. The molecule has 0 amide bonds. The molecule has 0 saturated heterocycles. The predicted molar refractivity (Wildman–Crippen MR) is 265 cm³/mol. The van der Waals surface area contributed by atoms with E-state index in [1.54, 1.807) is 24.3 Å². The van der Waals surface area contributed by atoms with Gasteiger partial charge in [-0.15, -0.1) is 0 Å². The van der Waals surface area contributed by atoms with Gasteiger partial charge in [-0.05, 0) is 169 Å². The summed E-state index contributed by atoms with van der Waals surface area (Å²) < 4.78 is 68.3.